The molecule has 0 amide bonds. The van der Waals surface area contributed by atoms with Crippen molar-refractivity contribution in [3.63, 3.8) is 0 Å². The fourth-order valence-corrected chi connectivity index (χ4v) is 4.44. The van der Waals surface area contributed by atoms with Gasteiger partial charge in [0, 0.05) is 22.1 Å². The van der Waals surface area contributed by atoms with E-state index in [0.29, 0.717) is 29.1 Å². The van der Waals surface area contributed by atoms with E-state index in [1.54, 1.807) is 23.8 Å². The van der Waals surface area contributed by atoms with Crippen molar-refractivity contribution in [3.05, 3.63) is 62.9 Å². The van der Waals surface area contributed by atoms with Crippen LogP contribution in [0.2, 0.25) is 0 Å². The number of halogens is 1. The molecule has 9 heteroatoms. The van der Waals surface area contributed by atoms with E-state index < -0.39 is 17.2 Å². The maximum absolute atomic E-state index is 13.4. The Morgan fingerprint density at radius 2 is 2.00 bits per heavy atom. The Bertz CT molecular complexity index is 1410. The first-order valence-electron chi connectivity index (χ1n) is 10.9. The van der Waals surface area contributed by atoms with Gasteiger partial charge in [-0.2, -0.15) is 0 Å². The maximum atomic E-state index is 13.4. The van der Waals surface area contributed by atoms with Crippen LogP contribution in [0.15, 0.2) is 40.3 Å². The molecule has 5 rings (SSSR count). The molecule has 0 unspecified atom stereocenters. The van der Waals surface area contributed by atoms with Gasteiger partial charge in [-0.15, -0.1) is 12.4 Å². The highest BCUT2D eigenvalue weighted by molar-refractivity contribution is 6.02. The monoisotopic (exact) mass is 483 g/mol. The maximum Gasteiger partial charge on any atom is 0.343 e. The zero-order valence-corrected chi connectivity index (χ0v) is 20.2. The van der Waals surface area contributed by atoms with Gasteiger partial charge in [-0.25, -0.2) is 9.78 Å². The zero-order chi connectivity index (χ0) is 23.5. The van der Waals surface area contributed by atoms with Gasteiger partial charge in [-0.3, -0.25) is 4.79 Å². The van der Waals surface area contributed by atoms with Crippen LogP contribution in [0.5, 0.6) is 0 Å². The second-order valence-corrected chi connectivity index (χ2v) is 9.41. The van der Waals surface area contributed by atoms with E-state index in [1.807, 2.05) is 45.0 Å². The van der Waals surface area contributed by atoms with Crippen LogP contribution in [0.1, 0.15) is 56.4 Å². The Morgan fingerprint density at radius 3 is 2.71 bits per heavy atom. The van der Waals surface area contributed by atoms with E-state index in [1.165, 1.54) is 0 Å². The molecule has 1 N–H and O–H groups in total. The highest BCUT2D eigenvalue weighted by atomic mass is 35.5. The molecule has 8 nitrogen and oxygen atoms in total. The standard InChI is InChI=1S/C25H25N3O5.ClH/c1-5-25(31)18-10-20-21-16(12-28(20)22(29)17(18)13-32-23(25)30)15(11-26-33-24(2,3)4)14-8-6-7-9-19(14)27-21;/h6-11,31H,5,12-13H2,1-4H3;1H/b26-11+;/t25-;/m0./s1. The quantitative estimate of drug-likeness (QED) is 0.271. The largest absolute Gasteiger partial charge is 0.458 e. The number of rotatable bonds is 3. The summed E-state index contributed by atoms with van der Waals surface area (Å²) in [7, 11) is 0. The van der Waals surface area contributed by atoms with Gasteiger partial charge in [0.1, 0.15) is 12.2 Å². The van der Waals surface area contributed by atoms with Crippen LogP contribution < -0.4 is 5.56 Å². The molecule has 0 bridgehead atoms. The molecule has 0 fully saturated rings. The van der Waals surface area contributed by atoms with Gasteiger partial charge in [0.15, 0.2) is 5.60 Å². The molecule has 2 aromatic heterocycles. The number of oxime groups is 1. The summed E-state index contributed by atoms with van der Waals surface area (Å²) < 4.78 is 6.76. The summed E-state index contributed by atoms with van der Waals surface area (Å²) in [4.78, 5) is 36.2. The number of ether oxygens (including phenoxy) is 1. The molecule has 2 aliphatic rings. The summed E-state index contributed by atoms with van der Waals surface area (Å²) in [6, 6.07) is 9.39. The van der Waals surface area contributed by atoms with Gasteiger partial charge in [0.2, 0.25) is 0 Å². The Kier molecular flexibility index (Phi) is 5.78. The van der Waals surface area contributed by atoms with Crippen molar-refractivity contribution in [3.8, 4) is 11.4 Å². The van der Waals surface area contributed by atoms with Gasteiger partial charge in [0.25, 0.3) is 5.56 Å². The van der Waals surface area contributed by atoms with Crippen LogP contribution in [0, 0.1) is 0 Å². The van der Waals surface area contributed by atoms with Gasteiger partial charge in [-0.1, -0.05) is 30.3 Å². The van der Waals surface area contributed by atoms with E-state index in [-0.39, 0.29) is 31.0 Å². The van der Waals surface area contributed by atoms with Gasteiger partial charge >= 0.3 is 5.97 Å². The van der Waals surface area contributed by atoms with Crippen molar-refractivity contribution in [1.29, 1.82) is 0 Å². The first-order valence-corrected chi connectivity index (χ1v) is 10.9. The number of para-hydroxylation sites is 1. The zero-order valence-electron chi connectivity index (χ0n) is 19.4. The lowest BCUT2D eigenvalue weighted by Crippen LogP contribution is -2.44. The summed E-state index contributed by atoms with van der Waals surface area (Å²) in [6.07, 6.45) is 1.77. The van der Waals surface area contributed by atoms with Gasteiger partial charge < -0.3 is 19.2 Å². The van der Waals surface area contributed by atoms with E-state index in [0.717, 1.165) is 22.0 Å². The Labute approximate surface area is 202 Å². The second kappa shape index (κ2) is 8.21. The van der Waals surface area contributed by atoms with E-state index in [9.17, 15) is 14.7 Å². The summed E-state index contributed by atoms with van der Waals surface area (Å²) in [6.45, 7) is 7.57. The average molecular weight is 484 g/mol. The van der Waals surface area contributed by atoms with Crippen LogP contribution in [0.25, 0.3) is 22.3 Å². The van der Waals surface area contributed by atoms with Crippen molar-refractivity contribution in [2.75, 3.05) is 0 Å². The van der Waals surface area contributed by atoms with E-state index in [4.69, 9.17) is 14.6 Å². The van der Waals surface area contributed by atoms with Crippen molar-refractivity contribution in [1.82, 2.24) is 9.55 Å². The normalized spacial score (nSPS) is 18.8. The molecular formula is C25H26ClN3O5. The second-order valence-electron chi connectivity index (χ2n) is 9.41. The molecular weight excluding hydrogens is 458 g/mol. The fraction of sp³-hybridized carbons (Fsp3) is 0.360. The third-order valence-electron chi connectivity index (χ3n) is 6.15. The van der Waals surface area contributed by atoms with E-state index >= 15 is 0 Å². The molecule has 34 heavy (non-hydrogen) atoms. The first-order chi connectivity index (χ1) is 15.6. The highest BCUT2D eigenvalue weighted by Crippen LogP contribution is 2.39. The predicted molar refractivity (Wildman–Crippen MR) is 130 cm³/mol. The molecule has 0 saturated heterocycles. The smallest absolute Gasteiger partial charge is 0.343 e. The Hall–Kier alpha value is -3.23. The number of carbonyl (C=O) groups excluding carboxylic acids is 1. The van der Waals surface area contributed by atoms with Crippen molar-refractivity contribution < 1.29 is 19.5 Å². The van der Waals surface area contributed by atoms with Crippen LogP contribution in [0.3, 0.4) is 0 Å². The van der Waals surface area contributed by atoms with Crippen LogP contribution >= 0.6 is 12.4 Å². The van der Waals surface area contributed by atoms with Crippen molar-refractivity contribution in [2.24, 2.45) is 5.16 Å². The van der Waals surface area contributed by atoms with Crippen LogP contribution in [-0.4, -0.2) is 32.4 Å². The minimum absolute atomic E-state index is 0. The molecule has 0 aliphatic carbocycles. The summed E-state index contributed by atoms with van der Waals surface area (Å²) in [5.41, 5.74) is 1.59. The third-order valence-corrected chi connectivity index (χ3v) is 6.15. The highest BCUT2D eigenvalue weighted by Gasteiger charge is 2.45. The molecule has 0 saturated carbocycles. The number of benzene rings is 1. The number of hydrogen-bond acceptors (Lipinski definition) is 7. The van der Waals surface area contributed by atoms with Gasteiger partial charge in [0.05, 0.1) is 35.2 Å². The number of esters is 1. The first kappa shape index (κ1) is 23.9. The third kappa shape index (κ3) is 3.58. The summed E-state index contributed by atoms with van der Waals surface area (Å²) in [5, 5.41) is 16.1. The van der Waals surface area contributed by atoms with E-state index in [2.05, 4.69) is 5.16 Å². The summed E-state index contributed by atoms with van der Waals surface area (Å²) in [5.74, 6) is -0.737. The lowest BCUT2D eigenvalue weighted by Gasteiger charge is -2.31. The van der Waals surface area contributed by atoms with Crippen molar-refractivity contribution in [2.45, 2.75) is 58.5 Å². The molecule has 1 atom stereocenters. The average Bonchev–Trinajstić information content (AvgIpc) is 3.14. The molecule has 178 valence electrons. The lowest BCUT2D eigenvalue weighted by atomic mass is 9.86. The van der Waals surface area contributed by atoms with Crippen LogP contribution in [0.4, 0.5) is 0 Å². The molecule has 2 aliphatic heterocycles. The minimum atomic E-state index is -1.85. The number of aliphatic hydroxyl groups is 1. The fourth-order valence-electron chi connectivity index (χ4n) is 4.44. The molecule has 4 heterocycles. The lowest BCUT2D eigenvalue weighted by molar-refractivity contribution is -0.172. The number of carbonyl (C=O) groups is 1. The SMILES string of the molecule is CC[C@@]1(O)C(=O)OCc2c1cc1n(c2=O)Cc2c-1nc1ccccc1c2/C=N/OC(C)(C)C.Cl. The Morgan fingerprint density at radius 1 is 1.26 bits per heavy atom. The topological polar surface area (TPSA) is 103 Å². The Balaban J connectivity index is 0.00000274. The number of nitrogens with zero attached hydrogens (tertiary/aromatic N) is 3. The number of cyclic esters (lactones) is 1. The van der Waals surface area contributed by atoms with Crippen LogP contribution in [-0.2, 0) is 33.1 Å². The number of pyridine rings is 2. The molecule has 3 aromatic rings. The van der Waals surface area contributed by atoms with Gasteiger partial charge in [-0.05, 0) is 39.3 Å². The number of fused-ring (bicyclic) bond motifs is 5. The predicted octanol–water partition coefficient (Wildman–Crippen LogP) is 3.65. The molecule has 0 radical (unpaired) electrons. The van der Waals surface area contributed by atoms with Crippen molar-refractivity contribution >= 4 is 35.5 Å². The molecule has 1 aromatic carbocycles. The molecule has 0 spiro atoms. The number of aromatic nitrogens is 2. The minimum Gasteiger partial charge on any atom is -0.458 e. The summed E-state index contributed by atoms with van der Waals surface area (Å²) >= 11 is 0. The number of hydrogen-bond donors (Lipinski definition) is 1.